The number of amides is 2. The summed E-state index contributed by atoms with van der Waals surface area (Å²) in [6.07, 6.45) is 6.69. The number of anilines is 1. The molecule has 3 atom stereocenters. The van der Waals surface area contributed by atoms with Crippen LogP contribution in [-0.4, -0.2) is 73.6 Å². The number of fused-ring (bicyclic) bond motifs is 2. The Kier molecular flexibility index (Phi) is 7.94. The van der Waals surface area contributed by atoms with Gasteiger partial charge in [0.15, 0.2) is 0 Å². The number of hydrogen-bond donors (Lipinski definition) is 0. The van der Waals surface area contributed by atoms with E-state index in [1.54, 1.807) is 64.6 Å². The Morgan fingerprint density at radius 3 is 2.14 bits per heavy atom. The van der Waals surface area contributed by atoms with E-state index >= 15 is 0 Å². The van der Waals surface area contributed by atoms with Crippen molar-refractivity contribution in [3.8, 4) is 23.1 Å². The van der Waals surface area contributed by atoms with E-state index in [2.05, 4.69) is 16.1 Å². The first-order valence-corrected chi connectivity index (χ1v) is 14.6. The number of aromatic nitrogens is 4. The van der Waals surface area contributed by atoms with Crippen LogP contribution in [0.15, 0.2) is 30.9 Å². The van der Waals surface area contributed by atoms with Crippen molar-refractivity contribution in [2.45, 2.75) is 78.6 Å². The second-order valence-corrected chi connectivity index (χ2v) is 13.1. The largest absolute Gasteiger partial charge is 0.492 e. The predicted octanol–water partition coefficient (Wildman–Crippen LogP) is 5.45. The van der Waals surface area contributed by atoms with Crippen LogP contribution in [0.1, 0.15) is 66.9 Å². The fourth-order valence-electron chi connectivity index (χ4n) is 5.90. The molecule has 12 heteroatoms. The Hall–Kier alpha value is -4.40. The van der Waals surface area contributed by atoms with Gasteiger partial charge in [-0.05, 0) is 79.2 Å². The molecule has 0 radical (unpaired) electrons. The van der Waals surface area contributed by atoms with Gasteiger partial charge < -0.3 is 19.1 Å². The Morgan fingerprint density at radius 2 is 1.63 bits per heavy atom. The summed E-state index contributed by atoms with van der Waals surface area (Å²) in [6.45, 7) is 14.5. The van der Waals surface area contributed by atoms with Crippen LogP contribution in [0, 0.1) is 23.2 Å². The molecule has 1 aliphatic heterocycles. The lowest BCUT2D eigenvalue weighted by molar-refractivity contribution is -0.00730. The van der Waals surface area contributed by atoms with Crippen LogP contribution in [0.4, 0.5) is 15.4 Å². The first kappa shape index (κ1) is 30.1. The van der Waals surface area contributed by atoms with Gasteiger partial charge in [0.25, 0.3) is 0 Å². The standard InChI is InChI=1S/C31H39N7O5/c1-8-41-23-11-24(27-21(12-32)13-35-37(27)18-23)25-14-34-26(15-33-25)36-16-19-9-22(10-20(19)17-36)38(28(39)42-30(2,3)4)29(40)43-31(5,6)7/h11,13-15,18-20,22H,8-10,16-17H2,1-7H3/t19-,20+,22?. The summed E-state index contributed by atoms with van der Waals surface area (Å²) >= 11 is 0. The molecule has 3 aromatic rings. The van der Waals surface area contributed by atoms with Crippen molar-refractivity contribution in [3.63, 3.8) is 0 Å². The van der Waals surface area contributed by atoms with Crippen molar-refractivity contribution in [1.29, 1.82) is 5.26 Å². The molecular formula is C31H39N7O5. The van der Waals surface area contributed by atoms with Crippen molar-refractivity contribution in [2.24, 2.45) is 11.8 Å². The number of nitrogens with zero attached hydrogens (tertiary/aromatic N) is 7. The molecule has 1 unspecified atom stereocenters. The fourth-order valence-corrected chi connectivity index (χ4v) is 5.90. The van der Waals surface area contributed by atoms with Crippen LogP contribution < -0.4 is 9.64 Å². The van der Waals surface area contributed by atoms with E-state index in [9.17, 15) is 14.9 Å². The summed E-state index contributed by atoms with van der Waals surface area (Å²) in [5, 5.41) is 13.9. The first-order chi connectivity index (χ1) is 20.3. The van der Waals surface area contributed by atoms with Gasteiger partial charge in [-0.3, -0.25) is 4.98 Å². The molecule has 0 aromatic carbocycles. The molecule has 2 fully saturated rings. The lowest BCUT2D eigenvalue weighted by Crippen LogP contribution is -2.48. The molecule has 228 valence electrons. The number of ether oxygens (including phenoxy) is 3. The highest BCUT2D eigenvalue weighted by atomic mass is 16.6. The molecule has 2 aliphatic rings. The maximum Gasteiger partial charge on any atom is 0.420 e. The average molecular weight is 590 g/mol. The van der Waals surface area contributed by atoms with Crippen molar-refractivity contribution in [3.05, 3.63) is 36.4 Å². The summed E-state index contributed by atoms with van der Waals surface area (Å²) in [6, 6.07) is 3.74. The second kappa shape index (κ2) is 11.4. The van der Waals surface area contributed by atoms with Crippen LogP contribution in [0.3, 0.4) is 0 Å². The first-order valence-electron chi connectivity index (χ1n) is 14.6. The van der Waals surface area contributed by atoms with Gasteiger partial charge in [-0.25, -0.2) is 24.0 Å². The van der Waals surface area contributed by atoms with Gasteiger partial charge in [-0.2, -0.15) is 10.4 Å². The summed E-state index contributed by atoms with van der Waals surface area (Å²) < 4.78 is 18.5. The Labute approximate surface area is 251 Å². The highest BCUT2D eigenvalue weighted by Crippen LogP contribution is 2.42. The molecular weight excluding hydrogens is 550 g/mol. The molecule has 4 heterocycles. The van der Waals surface area contributed by atoms with Crippen LogP contribution in [0.2, 0.25) is 0 Å². The average Bonchev–Trinajstić information content (AvgIpc) is 3.60. The molecule has 1 saturated carbocycles. The van der Waals surface area contributed by atoms with Gasteiger partial charge in [0.2, 0.25) is 0 Å². The highest BCUT2D eigenvalue weighted by Gasteiger charge is 2.47. The zero-order chi connectivity index (χ0) is 31.1. The molecule has 1 aliphatic carbocycles. The molecule has 43 heavy (non-hydrogen) atoms. The minimum Gasteiger partial charge on any atom is -0.492 e. The normalized spacial score (nSPS) is 20.0. The van der Waals surface area contributed by atoms with Crippen molar-refractivity contribution < 1.29 is 23.8 Å². The SMILES string of the molecule is CCOc1cc(-c2cnc(N3C[C@H]4CC(N(C(=O)OC(C)(C)C)C(=O)OC(C)(C)C)C[C@H]4C3)cn2)c2c(C#N)cnn2c1. The summed E-state index contributed by atoms with van der Waals surface area (Å²) in [4.78, 5) is 39.1. The van der Waals surface area contributed by atoms with Crippen molar-refractivity contribution >= 4 is 23.5 Å². The number of imide groups is 1. The van der Waals surface area contributed by atoms with E-state index in [0.717, 1.165) is 18.9 Å². The highest BCUT2D eigenvalue weighted by molar-refractivity contribution is 5.88. The number of carbonyl (C=O) groups is 2. The maximum atomic E-state index is 13.1. The Balaban J connectivity index is 1.31. The molecule has 0 N–H and O–H groups in total. The lowest BCUT2D eigenvalue weighted by Gasteiger charge is -2.32. The van der Waals surface area contributed by atoms with Gasteiger partial charge in [0.1, 0.15) is 28.8 Å². The quantitative estimate of drug-likeness (QED) is 0.378. The maximum absolute atomic E-state index is 13.1. The van der Waals surface area contributed by atoms with Crippen LogP contribution in [0.25, 0.3) is 16.8 Å². The summed E-state index contributed by atoms with van der Waals surface area (Å²) in [5.41, 5.74) is 0.934. The zero-order valence-corrected chi connectivity index (χ0v) is 25.8. The van der Waals surface area contributed by atoms with E-state index in [0.29, 0.717) is 47.5 Å². The lowest BCUT2D eigenvalue weighted by atomic mass is 10.0. The number of nitriles is 1. The molecule has 5 rings (SSSR count). The number of pyridine rings is 1. The fraction of sp³-hybridized carbons (Fsp3) is 0.548. The van der Waals surface area contributed by atoms with E-state index < -0.39 is 23.4 Å². The third-order valence-electron chi connectivity index (χ3n) is 7.53. The van der Waals surface area contributed by atoms with Crippen LogP contribution in [-0.2, 0) is 9.47 Å². The third kappa shape index (κ3) is 6.50. The van der Waals surface area contributed by atoms with Crippen LogP contribution in [0.5, 0.6) is 5.75 Å². The number of hydrogen-bond acceptors (Lipinski definition) is 10. The van der Waals surface area contributed by atoms with E-state index in [-0.39, 0.29) is 17.9 Å². The smallest absolute Gasteiger partial charge is 0.420 e. The van der Waals surface area contributed by atoms with Gasteiger partial charge in [-0.15, -0.1) is 0 Å². The minimum atomic E-state index is -0.738. The molecule has 2 amide bonds. The number of rotatable bonds is 5. The van der Waals surface area contributed by atoms with E-state index in [4.69, 9.17) is 24.2 Å². The molecule has 1 saturated heterocycles. The minimum absolute atomic E-state index is 0.270. The van der Waals surface area contributed by atoms with Crippen LogP contribution >= 0.6 is 0 Å². The van der Waals surface area contributed by atoms with E-state index in [1.165, 1.54) is 11.1 Å². The topological polar surface area (TPSA) is 135 Å². The Bertz CT molecular complexity index is 1510. The molecule has 0 bridgehead atoms. The predicted molar refractivity (Wildman–Crippen MR) is 159 cm³/mol. The van der Waals surface area contributed by atoms with Gasteiger partial charge >= 0.3 is 12.2 Å². The number of carbonyl (C=O) groups excluding carboxylic acids is 2. The second-order valence-electron chi connectivity index (χ2n) is 13.1. The molecule has 3 aromatic heterocycles. The summed E-state index contributed by atoms with van der Waals surface area (Å²) in [5.74, 6) is 1.91. The van der Waals surface area contributed by atoms with Gasteiger partial charge in [0, 0.05) is 24.7 Å². The van der Waals surface area contributed by atoms with Crippen molar-refractivity contribution in [1.82, 2.24) is 24.5 Å². The molecule has 12 nitrogen and oxygen atoms in total. The summed E-state index contributed by atoms with van der Waals surface area (Å²) in [7, 11) is 0. The monoisotopic (exact) mass is 589 g/mol. The Morgan fingerprint density at radius 1 is 1.00 bits per heavy atom. The third-order valence-corrected chi connectivity index (χ3v) is 7.53. The molecule has 0 spiro atoms. The van der Waals surface area contributed by atoms with Gasteiger partial charge in [0.05, 0.1) is 48.2 Å². The zero-order valence-electron chi connectivity index (χ0n) is 25.8. The van der Waals surface area contributed by atoms with Crippen molar-refractivity contribution in [2.75, 3.05) is 24.6 Å². The van der Waals surface area contributed by atoms with E-state index in [1.807, 2.05) is 13.0 Å². The van der Waals surface area contributed by atoms with Gasteiger partial charge in [-0.1, -0.05) is 0 Å².